The molecule has 0 fully saturated rings. The van der Waals surface area contributed by atoms with Crippen molar-refractivity contribution in [3.05, 3.63) is 47.5 Å². The largest absolute Gasteiger partial charge is 0.482 e. The third-order valence-corrected chi connectivity index (χ3v) is 4.21. The Balaban J connectivity index is 1.80. The molecule has 8 heteroatoms. The molecule has 1 N–H and O–H groups in total. The fourth-order valence-corrected chi connectivity index (χ4v) is 3.03. The average molecular weight is 399 g/mol. The van der Waals surface area contributed by atoms with Gasteiger partial charge in [0, 0.05) is 11.1 Å². The summed E-state index contributed by atoms with van der Waals surface area (Å²) in [6, 6.07) is 10.5. The molecule has 1 aliphatic carbocycles. The second kappa shape index (κ2) is 9.09. The molecule has 29 heavy (non-hydrogen) atoms. The number of esters is 2. The number of fused-ring (bicyclic) bond motifs is 3. The number of oxime groups is 1. The van der Waals surface area contributed by atoms with Crippen LogP contribution in [0.3, 0.4) is 0 Å². The Hall–Kier alpha value is -3.55. The Morgan fingerprint density at radius 2 is 1.24 bits per heavy atom. The van der Waals surface area contributed by atoms with Crippen LogP contribution >= 0.6 is 0 Å². The monoisotopic (exact) mass is 399 g/mol. The molecular weight excluding hydrogens is 378 g/mol. The van der Waals surface area contributed by atoms with E-state index in [-0.39, 0.29) is 26.4 Å². The summed E-state index contributed by atoms with van der Waals surface area (Å²) in [5.41, 5.74) is 3.37. The van der Waals surface area contributed by atoms with Crippen molar-refractivity contribution in [2.24, 2.45) is 5.16 Å². The van der Waals surface area contributed by atoms with Crippen molar-refractivity contribution in [3.63, 3.8) is 0 Å². The predicted molar refractivity (Wildman–Crippen MR) is 104 cm³/mol. The number of ether oxygens (including phenoxy) is 4. The standard InChI is InChI=1S/C21H21NO7/c1-3-26-19(23)11-28-13-5-7-15-16-8-6-14(29-12-20(24)27-4-2)10-18(16)21(22-25)17(15)9-13/h5-10,25H,3-4,11-12H2,1-2H3. The number of nitrogens with zero attached hydrogens (tertiary/aromatic N) is 1. The summed E-state index contributed by atoms with van der Waals surface area (Å²) in [5, 5.41) is 13.0. The van der Waals surface area contributed by atoms with E-state index in [1.54, 1.807) is 38.1 Å². The molecule has 0 aliphatic heterocycles. The topological polar surface area (TPSA) is 104 Å². The molecule has 0 bridgehead atoms. The third-order valence-electron chi connectivity index (χ3n) is 4.21. The van der Waals surface area contributed by atoms with Gasteiger partial charge in [-0.1, -0.05) is 5.16 Å². The van der Waals surface area contributed by atoms with Crippen LogP contribution in [0.4, 0.5) is 0 Å². The van der Waals surface area contributed by atoms with Gasteiger partial charge in [-0.15, -0.1) is 0 Å². The number of carbonyl (C=O) groups excluding carboxylic acids is 2. The fourth-order valence-electron chi connectivity index (χ4n) is 3.03. The van der Waals surface area contributed by atoms with Gasteiger partial charge in [-0.05, 0) is 61.4 Å². The molecule has 0 heterocycles. The van der Waals surface area contributed by atoms with Gasteiger partial charge in [-0.3, -0.25) is 0 Å². The molecule has 0 unspecified atom stereocenters. The first-order chi connectivity index (χ1) is 14.1. The Labute approximate surface area is 167 Å². The molecule has 0 atom stereocenters. The summed E-state index contributed by atoms with van der Waals surface area (Å²) in [4.78, 5) is 23.0. The van der Waals surface area contributed by atoms with Crippen molar-refractivity contribution in [2.75, 3.05) is 26.4 Å². The van der Waals surface area contributed by atoms with Crippen molar-refractivity contribution >= 4 is 17.7 Å². The molecule has 0 saturated heterocycles. The highest BCUT2D eigenvalue weighted by Gasteiger charge is 2.27. The molecule has 0 saturated carbocycles. The van der Waals surface area contributed by atoms with E-state index in [0.717, 1.165) is 11.1 Å². The zero-order chi connectivity index (χ0) is 20.8. The lowest BCUT2D eigenvalue weighted by molar-refractivity contribution is -0.146. The lowest BCUT2D eigenvalue weighted by Crippen LogP contribution is -2.14. The molecule has 2 aromatic carbocycles. The van der Waals surface area contributed by atoms with Crippen LogP contribution < -0.4 is 9.47 Å². The Morgan fingerprint density at radius 1 is 0.793 bits per heavy atom. The predicted octanol–water partition coefficient (Wildman–Crippen LogP) is 2.78. The van der Waals surface area contributed by atoms with Gasteiger partial charge in [0.2, 0.25) is 0 Å². The van der Waals surface area contributed by atoms with Crippen molar-refractivity contribution in [2.45, 2.75) is 13.8 Å². The summed E-state index contributed by atoms with van der Waals surface area (Å²) >= 11 is 0. The van der Waals surface area contributed by atoms with Gasteiger partial charge in [0.1, 0.15) is 17.2 Å². The molecule has 0 spiro atoms. The summed E-state index contributed by atoms with van der Waals surface area (Å²) in [7, 11) is 0. The fraction of sp³-hybridized carbons (Fsp3) is 0.286. The normalized spacial score (nSPS) is 11.3. The van der Waals surface area contributed by atoms with Crippen LogP contribution in [0.15, 0.2) is 41.6 Å². The summed E-state index contributed by atoms with van der Waals surface area (Å²) in [5.74, 6) is -0.0273. The Bertz CT molecular complexity index is 879. The van der Waals surface area contributed by atoms with E-state index in [2.05, 4.69) is 5.16 Å². The minimum Gasteiger partial charge on any atom is -0.482 e. The molecular formula is C21H21NO7. The minimum absolute atomic E-state index is 0.211. The van der Waals surface area contributed by atoms with Crippen LogP contribution in [-0.4, -0.2) is 49.3 Å². The van der Waals surface area contributed by atoms with Crippen LogP contribution in [0, 0.1) is 0 Å². The van der Waals surface area contributed by atoms with Gasteiger partial charge in [0.15, 0.2) is 13.2 Å². The second-order valence-electron chi connectivity index (χ2n) is 6.05. The SMILES string of the molecule is CCOC(=O)COc1ccc2c(c1)C(=NO)c1cc(OCC(=O)OCC)ccc1-2. The van der Waals surface area contributed by atoms with Crippen molar-refractivity contribution in [3.8, 4) is 22.6 Å². The van der Waals surface area contributed by atoms with Crippen LogP contribution in [0.25, 0.3) is 11.1 Å². The molecule has 0 amide bonds. The van der Waals surface area contributed by atoms with E-state index < -0.39 is 11.9 Å². The van der Waals surface area contributed by atoms with Crippen molar-refractivity contribution < 1.29 is 33.7 Å². The quantitative estimate of drug-likeness (QED) is 0.353. The lowest BCUT2D eigenvalue weighted by Gasteiger charge is -2.08. The highest BCUT2D eigenvalue weighted by Crippen LogP contribution is 2.40. The molecule has 3 rings (SSSR count). The van der Waals surface area contributed by atoms with Crippen molar-refractivity contribution in [1.82, 2.24) is 0 Å². The first-order valence-electron chi connectivity index (χ1n) is 9.15. The number of rotatable bonds is 8. The van der Waals surface area contributed by atoms with Gasteiger partial charge >= 0.3 is 11.9 Å². The van der Waals surface area contributed by atoms with E-state index in [1.165, 1.54) is 0 Å². The Kier molecular flexibility index (Phi) is 6.33. The molecule has 1 aliphatic rings. The minimum atomic E-state index is -0.462. The van der Waals surface area contributed by atoms with Gasteiger partial charge in [0.25, 0.3) is 0 Å². The third kappa shape index (κ3) is 4.48. The summed E-state index contributed by atoms with van der Waals surface area (Å²) < 4.78 is 20.6. The number of hydrogen-bond acceptors (Lipinski definition) is 8. The second-order valence-corrected chi connectivity index (χ2v) is 6.05. The molecule has 152 valence electrons. The van der Waals surface area contributed by atoms with Gasteiger partial charge in [-0.25, -0.2) is 9.59 Å². The van der Waals surface area contributed by atoms with Gasteiger partial charge in [0.05, 0.1) is 13.2 Å². The van der Waals surface area contributed by atoms with E-state index >= 15 is 0 Å². The Morgan fingerprint density at radius 3 is 1.62 bits per heavy atom. The zero-order valence-electron chi connectivity index (χ0n) is 16.1. The number of hydrogen-bond donors (Lipinski definition) is 1. The molecule has 8 nitrogen and oxygen atoms in total. The van der Waals surface area contributed by atoms with E-state index in [1.807, 2.05) is 12.1 Å². The van der Waals surface area contributed by atoms with Crippen LogP contribution in [0.1, 0.15) is 25.0 Å². The first-order valence-corrected chi connectivity index (χ1v) is 9.15. The van der Waals surface area contributed by atoms with Gasteiger partial charge in [-0.2, -0.15) is 0 Å². The number of carbonyl (C=O) groups is 2. The van der Waals surface area contributed by atoms with E-state index in [4.69, 9.17) is 18.9 Å². The molecule has 0 radical (unpaired) electrons. The zero-order valence-corrected chi connectivity index (χ0v) is 16.1. The maximum absolute atomic E-state index is 11.5. The highest BCUT2D eigenvalue weighted by molar-refractivity contribution is 6.24. The van der Waals surface area contributed by atoms with Gasteiger partial charge < -0.3 is 24.2 Å². The maximum atomic E-state index is 11.5. The highest BCUT2D eigenvalue weighted by atomic mass is 16.6. The van der Waals surface area contributed by atoms with Crippen LogP contribution in [0.2, 0.25) is 0 Å². The number of benzene rings is 2. The smallest absolute Gasteiger partial charge is 0.344 e. The van der Waals surface area contributed by atoms with E-state index in [0.29, 0.717) is 28.3 Å². The lowest BCUT2D eigenvalue weighted by atomic mass is 10.1. The first kappa shape index (κ1) is 20.2. The maximum Gasteiger partial charge on any atom is 0.344 e. The summed E-state index contributed by atoms with van der Waals surface area (Å²) in [6.45, 7) is 3.58. The van der Waals surface area contributed by atoms with Crippen LogP contribution in [-0.2, 0) is 19.1 Å². The molecule has 0 aromatic heterocycles. The molecule has 2 aromatic rings. The van der Waals surface area contributed by atoms with Crippen molar-refractivity contribution in [1.29, 1.82) is 0 Å². The summed E-state index contributed by atoms with van der Waals surface area (Å²) in [6.07, 6.45) is 0. The van der Waals surface area contributed by atoms with E-state index in [9.17, 15) is 14.8 Å². The average Bonchev–Trinajstić information content (AvgIpc) is 3.03. The van der Waals surface area contributed by atoms with Crippen LogP contribution in [0.5, 0.6) is 11.5 Å².